The van der Waals surface area contributed by atoms with Crippen LogP contribution in [0.5, 0.6) is 11.5 Å². The van der Waals surface area contributed by atoms with E-state index in [1.165, 1.54) is 30.3 Å². The van der Waals surface area contributed by atoms with E-state index in [2.05, 4.69) is 10.6 Å². The van der Waals surface area contributed by atoms with Crippen LogP contribution in [0, 0.1) is 0 Å². The van der Waals surface area contributed by atoms with Gasteiger partial charge in [0.15, 0.2) is 0 Å². The van der Waals surface area contributed by atoms with Gasteiger partial charge in [0.05, 0.1) is 18.8 Å². The van der Waals surface area contributed by atoms with Crippen LogP contribution in [-0.4, -0.2) is 31.7 Å². The molecule has 0 saturated carbocycles. The van der Waals surface area contributed by atoms with Gasteiger partial charge < -0.3 is 20.1 Å². The molecule has 1 atom stereocenters. The van der Waals surface area contributed by atoms with Crippen molar-refractivity contribution in [3.63, 3.8) is 0 Å². The molecule has 8 heteroatoms. The number of morpholine rings is 1. The summed E-state index contributed by atoms with van der Waals surface area (Å²) in [4.78, 5) is 12.0. The molecule has 1 heterocycles. The van der Waals surface area contributed by atoms with E-state index in [4.69, 9.17) is 9.47 Å². The van der Waals surface area contributed by atoms with E-state index in [0.717, 1.165) is 6.07 Å². The van der Waals surface area contributed by atoms with Crippen molar-refractivity contribution in [1.82, 2.24) is 5.32 Å². The lowest BCUT2D eigenvalue weighted by molar-refractivity contribution is -0.138. The van der Waals surface area contributed by atoms with Gasteiger partial charge in [-0.15, -0.1) is 0 Å². The molecule has 2 N–H and O–H groups in total. The van der Waals surface area contributed by atoms with Crippen molar-refractivity contribution in [3.8, 4) is 11.5 Å². The Hall–Kier alpha value is -2.58. The van der Waals surface area contributed by atoms with Gasteiger partial charge in [-0.05, 0) is 36.4 Å². The fourth-order valence-corrected chi connectivity index (χ4v) is 2.71. The molecule has 0 aliphatic carbocycles. The van der Waals surface area contributed by atoms with Crippen molar-refractivity contribution in [3.05, 3.63) is 54.1 Å². The van der Waals surface area contributed by atoms with Crippen molar-refractivity contribution in [2.24, 2.45) is 0 Å². The smallest absolute Gasteiger partial charge is 0.419 e. The van der Waals surface area contributed by atoms with Crippen LogP contribution in [0.4, 0.5) is 18.9 Å². The minimum atomic E-state index is -4.50. The number of amides is 1. The highest BCUT2D eigenvalue weighted by molar-refractivity contribution is 5.91. The normalized spacial score (nSPS) is 17.4. The summed E-state index contributed by atoms with van der Waals surface area (Å²) in [6, 6.07) is 11.1. The zero-order valence-corrected chi connectivity index (χ0v) is 14.4. The molecule has 0 spiro atoms. The van der Waals surface area contributed by atoms with Gasteiger partial charge in [-0.1, -0.05) is 12.1 Å². The molecule has 1 saturated heterocycles. The average molecular weight is 380 g/mol. The zero-order chi connectivity index (χ0) is 19.3. The summed E-state index contributed by atoms with van der Waals surface area (Å²) < 4.78 is 49.7. The number of para-hydroxylation sites is 1. The topological polar surface area (TPSA) is 59.6 Å². The monoisotopic (exact) mass is 380 g/mol. The predicted molar refractivity (Wildman–Crippen MR) is 93.8 cm³/mol. The van der Waals surface area contributed by atoms with Crippen LogP contribution in [-0.2, 0) is 15.7 Å². The van der Waals surface area contributed by atoms with Crippen molar-refractivity contribution in [2.45, 2.75) is 18.6 Å². The van der Waals surface area contributed by atoms with Crippen molar-refractivity contribution >= 4 is 11.6 Å². The van der Waals surface area contributed by atoms with Gasteiger partial charge >= 0.3 is 6.18 Å². The molecule has 2 aromatic rings. The van der Waals surface area contributed by atoms with Gasteiger partial charge in [0, 0.05) is 24.7 Å². The van der Waals surface area contributed by atoms with Gasteiger partial charge in [-0.3, -0.25) is 4.79 Å². The molecule has 3 rings (SSSR count). The Morgan fingerprint density at radius 1 is 1.19 bits per heavy atom. The SMILES string of the molecule is O=C(CC1COCCN1)Nc1ccc(Oc2ccccc2C(F)(F)F)cc1. The molecule has 0 radical (unpaired) electrons. The van der Waals surface area contributed by atoms with Crippen LogP contribution in [0.3, 0.4) is 0 Å². The molecule has 1 aliphatic rings. The summed E-state index contributed by atoms with van der Waals surface area (Å²) in [6.07, 6.45) is -4.22. The van der Waals surface area contributed by atoms with Crippen LogP contribution >= 0.6 is 0 Å². The van der Waals surface area contributed by atoms with E-state index in [-0.39, 0.29) is 29.9 Å². The van der Waals surface area contributed by atoms with E-state index in [9.17, 15) is 18.0 Å². The van der Waals surface area contributed by atoms with Gasteiger partial charge in [0.2, 0.25) is 5.91 Å². The number of alkyl halides is 3. The van der Waals surface area contributed by atoms with Gasteiger partial charge in [-0.25, -0.2) is 0 Å². The number of hydrogen-bond acceptors (Lipinski definition) is 4. The van der Waals surface area contributed by atoms with Crippen LogP contribution < -0.4 is 15.4 Å². The molecule has 2 aromatic carbocycles. The molecular weight excluding hydrogens is 361 g/mol. The number of halogens is 3. The van der Waals surface area contributed by atoms with E-state index in [0.29, 0.717) is 25.4 Å². The average Bonchev–Trinajstić information content (AvgIpc) is 2.64. The first-order valence-electron chi connectivity index (χ1n) is 8.47. The van der Waals surface area contributed by atoms with Gasteiger partial charge in [0.1, 0.15) is 11.5 Å². The summed E-state index contributed by atoms with van der Waals surface area (Å²) in [5, 5.41) is 5.94. The number of carbonyl (C=O) groups excluding carboxylic acids is 1. The Labute approximate surface area is 154 Å². The molecule has 27 heavy (non-hydrogen) atoms. The lowest BCUT2D eigenvalue weighted by atomic mass is 10.2. The maximum atomic E-state index is 13.0. The first kappa shape index (κ1) is 19.2. The Morgan fingerprint density at radius 3 is 2.59 bits per heavy atom. The second-order valence-electron chi connectivity index (χ2n) is 6.10. The second kappa shape index (κ2) is 8.41. The highest BCUT2D eigenvalue weighted by atomic mass is 19.4. The Morgan fingerprint density at radius 2 is 1.93 bits per heavy atom. The lowest BCUT2D eigenvalue weighted by Gasteiger charge is -2.23. The minimum absolute atomic E-state index is 0.0276. The first-order chi connectivity index (χ1) is 12.9. The van der Waals surface area contributed by atoms with E-state index < -0.39 is 11.7 Å². The van der Waals surface area contributed by atoms with E-state index in [1.54, 1.807) is 12.1 Å². The fourth-order valence-electron chi connectivity index (χ4n) is 2.71. The zero-order valence-electron chi connectivity index (χ0n) is 14.4. The molecule has 1 aliphatic heterocycles. The molecule has 144 valence electrons. The Balaban J connectivity index is 1.60. The number of rotatable bonds is 5. The Kier molecular flexibility index (Phi) is 5.98. The van der Waals surface area contributed by atoms with Crippen LogP contribution in [0.25, 0.3) is 0 Å². The largest absolute Gasteiger partial charge is 0.457 e. The summed E-state index contributed by atoms with van der Waals surface area (Å²) in [7, 11) is 0. The number of ether oxygens (including phenoxy) is 2. The third-order valence-corrected chi connectivity index (χ3v) is 3.99. The molecule has 5 nitrogen and oxygen atoms in total. The highest BCUT2D eigenvalue weighted by Gasteiger charge is 2.34. The Bertz CT molecular complexity index is 773. The van der Waals surface area contributed by atoms with Crippen LogP contribution in [0.1, 0.15) is 12.0 Å². The number of carbonyl (C=O) groups is 1. The predicted octanol–water partition coefficient (Wildman–Crippen LogP) is 3.81. The molecular formula is C19H19F3N2O3. The first-order valence-corrected chi connectivity index (χ1v) is 8.47. The van der Waals surface area contributed by atoms with E-state index in [1.807, 2.05) is 0 Å². The third kappa shape index (κ3) is 5.45. The number of nitrogens with one attached hydrogen (secondary N) is 2. The third-order valence-electron chi connectivity index (χ3n) is 3.99. The van der Waals surface area contributed by atoms with Crippen LogP contribution in [0.15, 0.2) is 48.5 Å². The summed E-state index contributed by atoms with van der Waals surface area (Å²) >= 11 is 0. The summed E-state index contributed by atoms with van der Waals surface area (Å²) in [5.74, 6) is -0.203. The fraction of sp³-hybridized carbons (Fsp3) is 0.316. The van der Waals surface area contributed by atoms with Crippen molar-refractivity contribution < 1.29 is 27.4 Å². The van der Waals surface area contributed by atoms with E-state index >= 15 is 0 Å². The lowest BCUT2D eigenvalue weighted by Crippen LogP contribution is -2.43. The van der Waals surface area contributed by atoms with Crippen LogP contribution in [0.2, 0.25) is 0 Å². The molecule has 0 aromatic heterocycles. The maximum absolute atomic E-state index is 13.0. The quantitative estimate of drug-likeness (QED) is 0.828. The van der Waals surface area contributed by atoms with Crippen molar-refractivity contribution in [1.29, 1.82) is 0 Å². The molecule has 0 bridgehead atoms. The second-order valence-corrected chi connectivity index (χ2v) is 6.10. The number of benzene rings is 2. The minimum Gasteiger partial charge on any atom is -0.457 e. The molecule has 1 amide bonds. The number of anilines is 1. The number of hydrogen-bond donors (Lipinski definition) is 2. The highest BCUT2D eigenvalue weighted by Crippen LogP contribution is 2.37. The van der Waals surface area contributed by atoms with Crippen molar-refractivity contribution in [2.75, 3.05) is 25.1 Å². The molecule has 1 fully saturated rings. The molecule has 1 unspecified atom stereocenters. The summed E-state index contributed by atoms with van der Waals surface area (Å²) in [6.45, 7) is 1.83. The summed E-state index contributed by atoms with van der Waals surface area (Å²) in [5.41, 5.74) is -0.308. The maximum Gasteiger partial charge on any atom is 0.419 e. The standard InChI is InChI=1S/C19H19F3N2O3/c20-19(21,22)16-3-1-2-4-17(16)27-15-7-5-13(6-8-15)24-18(25)11-14-12-26-10-9-23-14/h1-8,14,23H,9-12H2,(H,24,25). The van der Waals surface area contributed by atoms with Gasteiger partial charge in [-0.2, -0.15) is 13.2 Å². The van der Waals surface area contributed by atoms with Gasteiger partial charge in [0.25, 0.3) is 0 Å².